The third-order valence-corrected chi connectivity index (χ3v) is 5.33. The third-order valence-electron chi connectivity index (χ3n) is 4.98. The van der Waals surface area contributed by atoms with Gasteiger partial charge in [0.1, 0.15) is 0 Å². The van der Waals surface area contributed by atoms with Crippen LogP contribution in [0.2, 0.25) is 5.02 Å². The van der Waals surface area contributed by atoms with Gasteiger partial charge in [-0.3, -0.25) is 9.69 Å². The molecular formula is C22H27ClN2O3. The molecule has 3 rings (SSSR count). The summed E-state index contributed by atoms with van der Waals surface area (Å²) in [4.78, 5) is 15.1. The van der Waals surface area contributed by atoms with Crippen LogP contribution in [-0.4, -0.2) is 43.7 Å². The first kappa shape index (κ1) is 20.5. The van der Waals surface area contributed by atoms with E-state index in [0.717, 1.165) is 25.1 Å². The first-order valence-electron chi connectivity index (χ1n) is 9.80. The smallest absolute Gasteiger partial charge is 0.251 e. The number of carbonyl (C=O) groups is 1. The Hall–Kier alpha value is -2.24. The Bertz CT molecular complexity index is 808. The molecular weight excluding hydrogens is 376 g/mol. The molecule has 0 aromatic heterocycles. The number of nitrogens with zero attached hydrogens (tertiary/aromatic N) is 1. The normalized spacial score (nSPS) is 14.4. The zero-order valence-corrected chi connectivity index (χ0v) is 17.2. The summed E-state index contributed by atoms with van der Waals surface area (Å²) < 4.78 is 11.3. The van der Waals surface area contributed by atoms with E-state index >= 15 is 0 Å². The molecule has 0 saturated heterocycles. The number of benzene rings is 2. The first-order valence-corrected chi connectivity index (χ1v) is 10.2. The summed E-state index contributed by atoms with van der Waals surface area (Å²) in [7, 11) is 0. The summed E-state index contributed by atoms with van der Waals surface area (Å²) in [6.07, 6.45) is 0.833. The van der Waals surface area contributed by atoms with Crippen molar-refractivity contribution in [2.45, 2.75) is 26.3 Å². The van der Waals surface area contributed by atoms with Gasteiger partial charge in [-0.05, 0) is 42.9 Å². The van der Waals surface area contributed by atoms with Crippen LogP contribution in [0.5, 0.6) is 11.5 Å². The summed E-state index contributed by atoms with van der Waals surface area (Å²) in [6, 6.07) is 13.1. The van der Waals surface area contributed by atoms with Crippen LogP contribution in [0.3, 0.4) is 0 Å². The topological polar surface area (TPSA) is 50.8 Å². The van der Waals surface area contributed by atoms with E-state index in [9.17, 15) is 4.79 Å². The predicted molar refractivity (Wildman–Crippen MR) is 111 cm³/mol. The molecule has 1 unspecified atom stereocenters. The van der Waals surface area contributed by atoms with E-state index in [1.54, 1.807) is 18.2 Å². The van der Waals surface area contributed by atoms with Gasteiger partial charge < -0.3 is 14.8 Å². The molecule has 1 aliphatic heterocycles. The number of nitrogens with one attached hydrogen (secondary N) is 1. The van der Waals surface area contributed by atoms with E-state index < -0.39 is 0 Å². The molecule has 1 aliphatic rings. The lowest BCUT2D eigenvalue weighted by atomic mass is 10.0. The van der Waals surface area contributed by atoms with Crippen molar-refractivity contribution in [3.63, 3.8) is 0 Å². The van der Waals surface area contributed by atoms with Crippen molar-refractivity contribution in [1.82, 2.24) is 10.2 Å². The number of ether oxygens (including phenoxy) is 2. The molecule has 0 aliphatic carbocycles. The molecule has 1 atom stereocenters. The first-order chi connectivity index (χ1) is 13.6. The van der Waals surface area contributed by atoms with E-state index in [1.165, 1.54) is 0 Å². The predicted octanol–water partition coefficient (Wildman–Crippen LogP) is 4.31. The maximum Gasteiger partial charge on any atom is 0.251 e. The van der Waals surface area contributed by atoms with Crippen LogP contribution in [-0.2, 0) is 0 Å². The second-order valence-corrected chi connectivity index (χ2v) is 7.09. The van der Waals surface area contributed by atoms with Crippen LogP contribution in [0.15, 0.2) is 42.5 Å². The van der Waals surface area contributed by atoms with Gasteiger partial charge in [-0.1, -0.05) is 43.6 Å². The van der Waals surface area contributed by atoms with Gasteiger partial charge in [-0.2, -0.15) is 0 Å². The van der Waals surface area contributed by atoms with Crippen LogP contribution in [0.1, 0.15) is 42.2 Å². The molecule has 1 heterocycles. The minimum atomic E-state index is -0.139. The number of rotatable bonds is 7. The molecule has 5 nitrogen and oxygen atoms in total. The van der Waals surface area contributed by atoms with Gasteiger partial charge in [0.05, 0.1) is 19.3 Å². The second-order valence-electron chi connectivity index (χ2n) is 6.68. The van der Waals surface area contributed by atoms with Gasteiger partial charge >= 0.3 is 0 Å². The van der Waals surface area contributed by atoms with Crippen LogP contribution in [0.25, 0.3) is 0 Å². The number of hydrogen-bond donors (Lipinski definition) is 1. The van der Waals surface area contributed by atoms with Crippen LogP contribution in [0.4, 0.5) is 0 Å². The average molecular weight is 403 g/mol. The SMILES string of the molecule is CCN(CC)C(CNC(=O)c1ccc2c(c1)OCCCO2)c1ccccc1Cl. The fourth-order valence-corrected chi connectivity index (χ4v) is 3.70. The van der Waals surface area contributed by atoms with Gasteiger partial charge in [0.2, 0.25) is 0 Å². The largest absolute Gasteiger partial charge is 0.490 e. The summed E-state index contributed by atoms with van der Waals surface area (Å²) >= 11 is 6.43. The average Bonchev–Trinajstić information content (AvgIpc) is 2.96. The van der Waals surface area contributed by atoms with Gasteiger partial charge in [0, 0.05) is 23.6 Å². The van der Waals surface area contributed by atoms with Crippen LogP contribution in [0, 0.1) is 0 Å². The molecule has 28 heavy (non-hydrogen) atoms. The number of likely N-dealkylation sites (N-methyl/N-ethyl adjacent to an activating group) is 1. The zero-order chi connectivity index (χ0) is 19.9. The van der Waals surface area contributed by atoms with Gasteiger partial charge in [-0.25, -0.2) is 0 Å². The summed E-state index contributed by atoms with van der Waals surface area (Å²) in [5.74, 6) is 1.17. The fraction of sp³-hybridized carbons (Fsp3) is 0.409. The molecule has 150 valence electrons. The molecule has 1 N–H and O–H groups in total. The molecule has 0 spiro atoms. The minimum Gasteiger partial charge on any atom is -0.490 e. The Morgan fingerprint density at radius 3 is 2.54 bits per heavy atom. The van der Waals surface area contributed by atoms with Crippen molar-refractivity contribution in [3.8, 4) is 11.5 Å². The third kappa shape index (κ3) is 4.78. The van der Waals surface area contributed by atoms with Crippen LogP contribution < -0.4 is 14.8 Å². The minimum absolute atomic E-state index is 0.00746. The lowest BCUT2D eigenvalue weighted by Gasteiger charge is -2.31. The number of halogens is 1. The standard InChI is InChI=1S/C22H27ClN2O3/c1-3-25(4-2)19(17-8-5-6-9-18(17)23)15-24-22(26)16-10-11-20-21(14-16)28-13-7-12-27-20/h5-6,8-11,14,19H,3-4,7,12-13,15H2,1-2H3,(H,24,26). The second kappa shape index (κ2) is 9.80. The van der Waals surface area contributed by atoms with E-state index in [4.69, 9.17) is 21.1 Å². The van der Waals surface area contributed by atoms with Crippen molar-refractivity contribution in [3.05, 3.63) is 58.6 Å². The zero-order valence-electron chi connectivity index (χ0n) is 16.4. The van der Waals surface area contributed by atoms with E-state index in [2.05, 4.69) is 24.1 Å². The lowest BCUT2D eigenvalue weighted by Crippen LogP contribution is -2.38. The molecule has 2 aromatic rings. The maximum absolute atomic E-state index is 12.8. The van der Waals surface area contributed by atoms with Gasteiger partial charge in [0.25, 0.3) is 5.91 Å². The van der Waals surface area contributed by atoms with Gasteiger partial charge in [0.15, 0.2) is 11.5 Å². The van der Waals surface area contributed by atoms with Crippen LogP contribution >= 0.6 is 11.6 Å². The number of fused-ring (bicyclic) bond motifs is 1. The Balaban J connectivity index is 1.75. The highest BCUT2D eigenvalue weighted by molar-refractivity contribution is 6.31. The molecule has 0 saturated carbocycles. The van der Waals surface area contributed by atoms with E-state index in [0.29, 0.717) is 41.8 Å². The number of hydrogen-bond acceptors (Lipinski definition) is 4. The molecule has 2 aromatic carbocycles. The summed E-state index contributed by atoms with van der Waals surface area (Å²) in [5, 5.41) is 3.77. The molecule has 0 bridgehead atoms. The van der Waals surface area contributed by atoms with E-state index in [1.807, 2.05) is 24.3 Å². The molecule has 0 radical (unpaired) electrons. The Labute approximate surface area is 171 Å². The lowest BCUT2D eigenvalue weighted by molar-refractivity contribution is 0.0934. The molecule has 6 heteroatoms. The Kier molecular flexibility index (Phi) is 7.18. The summed E-state index contributed by atoms with van der Waals surface area (Å²) in [6.45, 7) is 7.64. The van der Waals surface area contributed by atoms with Crippen molar-refractivity contribution >= 4 is 17.5 Å². The van der Waals surface area contributed by atoms with Crippen molar-refractivity contribution in [2.24, 2.45) is 0 Å². The molecule has 1 amide bonds. The van der Waals surface area contributed by atoms with Crippen molar-refractivity contribution in [1.29, 1.82) is 0 Å². The highest BCUT2D eigenvalue weighted by atomic mass is 35.5. The highest BCUT2D eigenvalue weighted by Gasteiger charge is 2.22. The quantitative estimate of drug-likeness (QED) is 0.749. The Morgan fingerprint density at radius 1 is 1.11 bits per heavy atom. The molecule has 0 fully saturated rings. The maximum atomic E-state index is 12.8. The Morgan fingerprint density at radius 2 is 1.82 bits per heavy atom. The fourth-order valence-electron chi connectivity index (χ4n) is 3.44. The monoisotopic (exact) mass is 402 g/mol. The van der Waals surface area contributed by atoms with Crippen molar-refractivity contribution in [2.75, 3.05) is 32.8 Å². The highest BCUT2D eigenvalue weighted by Crippen LogP contribution is 2.31. The summed E-state index contributed by atoms with van der Waals surface area (Å²) in [5.41, 5.74) is 1.58. The number of carbonyl (C=O) groups excluding carboxylic acids is 1. The van der Waals surface area contributed by atoms with Gasteiger partial charge in [-0.15, -0.1) is 0 Å². The van der Waals surface area contributed by atoms with E-state index in [-0.39, 0.29) is 11.9 Å². The number of amides is 1. The van der Waals surface area contributed by atoms with Crippen molar-refractivity contribution < 1.29 is 14.3 Å².